The molecule has 2 aromatic carbocycles. The molecule has 0 aliphatic carbocycles. The van der Waals surface area contributed by atoms with Crippen molar-refractivity contribution in [2.45, 2.75) is 13.5 Å². The van der Waals surface area contributed by atoms with E-state index in [4.69, 9.17) is 27.9 Å². The summed E-state index contributed by atoms with van der Waals surface area (Å²) < 4.78 is 7.26. The molecule has 0 atom stereocenters. The van der Waals surface area contributed by atoms with Crippen LogP contribution in [0, 0.1) is 6.92 Å². The fraction of sp³-hybridized carbons (Fsp3) is 0.238. The first-order chi connectivity index (χ1) is 13.5. The number of hydrogen-bond donors (Lipinski definition) is 0. The molecule has 28 heavy (non-hydrogen) atoms. The molecule has 1 heterocycles. The maximum Gasteiger partial charge on any atom is 0.258 e. The van der Waals surface area contributed by atoms with Crippen LogP contribution in [0.1, 0.15) is 21.6 Å². The number of aryl methyl sites for hydroxylation is 1. The van der Waals surface area contributed by atoms with Crippen LogP contribution in [0.25, 0.3) is 0 Å². The third kappa shape index (κ3) is 4.66. The van der Waals surface area contributed by atoms with Gasteiger partial charge in [0.1, 0.15) is 17.5 Å². The van der Waals surface area contributed by atoms with Gasteiger partial charge in [-0.25, -0.2) is 4.68 Å². The first kappa shape index (κ1) is 20.2. The summed E-state index contributed by atoms with van der Waals surface area (Å²) in [5.41, 5.74) is 1.87. The largest absolute Gasteiger partial charge is 0.492 e. The maximum absolute atomic E-state index is 12.9. The number of carbonyl (C=O) groups excluding carboxylic acids is 1. The highest BCUT2D eigenvalue weighted by molar-refractivity contribution is 6.33. The summed E-state index contributed by atoms with van der Waals surface area (Å²) in [6.07, 6.45) is 0. The summed E-state index contributed by atoms with van der Waals surface area (Å²) in [5.74, 6) is 0.578. The van der Waals surface area contributed by atoms with Gasteiger partial charge in [0.25, 0.3) is 5.91 Å². The molecule has 1 aromatic heterocycles. The van der Waals surface area contributed by atoms with Gasteiger partial charge in [-0.05, 0) is 30.7 Å². The van der Waals surface area contributed by atoms with Crippen molar-refractivity contribution in [3.8, 4) is 5.75 Å². The average Bonchev–Trinajstić information content (AvgIpc) is 2.97. The number of ether oxygens (including phenoxy) is 1. The third-order valence-electron chi connectivity index (χ3n) is 4.34. The summed E-state index contributed by atoms with van der Waals surface area (Å²) >= 11 is 12.7. The number of benzene rings is 2. The number of rotatable bonds is 7. The Bertz CT molecular complexity index is 958. The molecule has 0 N–H and O–H groups in total. The van der Waals surface area contributed by atoms with Gasteiger partial charge in [-0.3, -0.25) is 4.79 Å². The fourth-order valence-electron chi connectivity index (χ4n) is 2.80. The van der Waals surface area contributed by atoms with Crippen molar-refractivity contribution in [1.82, 2.24) is 14.7 Å². The minimum absolute atomic E-state index is 0.190. The van der Waals surface area contributed by atoms with E-state index in [1.165, 1.54) is 0 Å². The molecule has 0 spiro atoms. The number of halogens is 2. The molecule has 3 rings (SSSR count). The normalized spacial score (nSPS) is 10.7. The lowest BCUT2D eigenvalue weighted by Crippen LogP contribution is -2.31. The molecule has 5 nitrogen and oxygen atoms in total. The second-order valence-electron chi connectivity index (χ2n) is 6.39. The third-order valence-corrected chi connectivity index (χ3v) is 5.10. The topological polar surface area (TPSA) is 47.4 Å². The number of nitrogens with zero attached hydrogens (tertiary/aromatic N) is 3. The van der Waals surface area contributed by atoms with Crippen molar-refractivity contribution in [1.29, 1.82) is 0 Å². The van der Waals surface area contributed by atoms with E-state index in [9.17, 15) is 4.79 Å². The number of carbonyl (C=O) groups is 1. The SMILES string of the molecule is Cc1nn(Cc2ccccc2Cl)c(Cl)c1C(=O)N(C)CCOc1ccccc1. The van der Waals surface area contributed by atoms with Gasteiger partial charge >= 0.3 is 0 Å². The molecular weight excluding hydrogens is 397 g/mol. The Morgan fingerprint density at radius 3 is 2.50 bits per heavy atom. The van der Waals surface area contributed by atoms with Crippen molar-refractivity contribution in [3.63, 3.8) is 0 Å². The molecule has 0 fully saturated rings. The van der Waals surface area contributed by atoms with Gasteiger partial charge in [0.2, 0.25) is 0 Å². The predicted octanol–water partition coefficient (Wildman–Crippen LogP) is 4.70. The lowest BCUT2D eigenvalue weighted by Gasteiger charge is -2.17. The van der Waals surface area contributed by atoms with Crippen molar-refractivity contribution >= 4 is 29.1 Å². The van der Waals surface area contributed by atoms with Gasteiger partial charge in [0.05, 0.1) is 24.3 Å². The van der Waals surface area contributed by atoms with E-state index >= 15 is 0 Å². The Hall–Kier alpha value is -2.50. The minimum atomic E-state index is -0.190. The minimum Gasteiger partial charge on any atom is -0.492 e. The number of aromatic nitrogens is 2. The number of amides is 1. The van der Waals surface area contributed by atoms with Gasteiger partial charge in [-0.15, -0.1) is 0 Å². The molecule has 7 heteroatoms. The first-order valence-corrected chi connectivity index (χ1v) is 9.62. The Morgan fingerprint density at radius 2 is 1.79 bits per heavy atom. The molecule has 0 aliphatic rings. The van der Waals surface area contributed by atoms with Gasteiger partial charge in [0.15, 0.2) is 0 Å². The molecule has 0 aliphatic heterocycles. The lowest BCUT2D eigenvalue weighted by molar-refractivity contribution is 0.0773. The predicted molar refractivity (Wildman–Crippen MR) is 111 cm³/mol. The quantitative estimate of drug-likeness (QED) is 0.559. The highest BCUT2D eigenvalue weighted by atomic mass is 35.5. The fourth-order valence-corrected chi connectivity index (χ4v) is 3.31. The van der Waals surface area contributed by atoms with Crippen LogP contribution in [0.3, 0.4) is 0 Å². The zero-order valence-electron chi connectivity index (χ0n) is 15.7. The van der Waals surface area contributed by atoms with Crippen LogP contribution in [-0.4, -0.2) is 40.8 Å². The van der Waals surface area contributed by atoms with E-state index in [0.717, 1.165) is 11.3 Å². The molecule has 0 unspecified atom stereocenters. The van der Waals surface area contributed by atoms with Crippen LogP contribution in [0.15, 0.2) is 54.6 Å². The zero-order valence-corrected chi connectivity index (χ0v) is 17.2. The molecule has 0 radical (unpaired) electrons. The summed E-state index contributed by atoms with van der Waals surface area (Å²) in [6.45, 7) is 2.99. The average molecular weight is 418 g/mol. The molecular formula is C21H21Cl2N3O2. The van der Waals surface area contributed by atoms with Gasteiger partial charge in [-0.1, -0.05) is 59.6 Å². The van der Waals surface area contributed by atoms with Gasteiger partial charge in [-0.2, -0.15) is 5.10 Å². The first-order valence-electron chi connectivity index (χ1n) is 8.87. The van der Waals surface area contributed by atoms with E-state index in [1.807, 2.05) is 54.6 Å². The molecule has 0 saturated carbocycles. The molecule has 3 aromatic rings. The zero-order chi connectivity index (χ0) is 20.1. The van der Waals surface area contributed by atoms with E-state index < -0.39 is 0 Å². The van der Waals surface area contributed by atoms with Crippen LogP contribution in [-0.2, 0) is 6.54 Å². The molecule has 0 saturated heterocycles. The number of hydrogen-bond acceptors (Lipinski definition) is 3. The number of para-hydroxylation sites is 1. The van der Waals surface area contributed by atoms with Crippen LogP contribution in [0.5, 0.6) is 5.75 Å². The van der Waals surface area contributed by atoms with E-state index in [1.54, 1.807) is 23.6 Å². The summed E-state index contributed by atoms with van der Waals surface area (Å²) in [4.78, 5) is 14.4. The Morgan fingerprint density at radius 1 is 1.11 bits per heavy atom. The van der Waals surface area contributed by atoms with Crippen LogP contribution in [0.2, 0.25) is 10.2 Å². The monoisotopic (exact) mass is 417 g/mol. The summed E-state index contributed by atoms with van der Waals surface area (Å²) in [6, 6.07) is 17.0. The highest BCUT2D eigenvalue weighted by Crippen LogP contribution is 2.24. The standard InChI is InChI=1S/C21H21Cl2N3O2/c1-15-19(20(23)26(24-15)14-16-8-6-7-11-18(16)22)21(27)25(2)12-13-28-17-9-4-3-5-10-17/h3-11H,12-14H2,1-2H3. The highest BCUT2D eigenvalue weighted by Gasteiger charge is 2.23. The second kappa shape index (κ2) is 9.13. The van der Waals surface area contributed by atoms with E-state index in [-0.39, 0.29) is 5.91 Å². The summed E-state index contributed by atoms with van der Waals surface area (Å²) in [5, 5.41) is 5.36. The van der Waals surface area contributed by atoms with Crippen molar-refractivity contribution in [3.05, 3.63) is 81.6 Å². The lowest BCUT2D eigenvalue weighted by atomic mass is 10.2. The van der Waals surface area contributed by atoms with Crippen LogP contribution >= 0.6 is 23.2 Å². The number of likely N-dealkylation sites (N-methyl/N-ethyl adjacent to an activating group) is 1. The molecule has 0 bridgehead atoms. The van der Waals surface area contributed by atoms with Gasteiger partial charge < -0.3 is 9.64 Å². The van der Waals surface area contributed by atoms with Crippen LogP contribution < -0.4 is 4.74 Å². The Kier molecular flexibility index (Phi) is 6.60. The molecule has 1 amide bonds. The van der Waals surface area contributed by atoms with Crippen molar-refractivity contribution < 1.29 is 9.53 Å². The van der Waals surface area contributed by atoms with Crippen molar-refractivity contribution in [2.75, 3.05) is 20.2 Å². The maximum atomic E-state index is 12.9. The van der Waals surface area contributed by atoms with E-state index in [0.29, 0.717) is 41.1 Å². The Balaban J connectivity index is 1.67. The molecule has 146 valence electrons. The summed E-state index contributed by atoms with van der Waals surface area (Å²) in [7, 11) is 1.72. The Labute approximate surface area is 174 Å². The van der Waals surface area contributed by atoms with Crippen LogP contribution in [0.4, 0.5) is 0 Å². The smallest absolute Gasteiger partial charge is 0.258 e. The van der Waals surface area contributed by atoms with Gasteiger partial charge in [0, 0.05) is 12.1 Å². The van der Waals surface area contributed by atoms with Crippen molar-refractivity contribution in [2.24, 2.45) is 0 Å². The van der Waals surface area contributed by atoms with E-state index in [2.05, 4.69) is 5.10 Å². The second-order valence-corrected chi connectivity index (χ2v) is 7.15.